The quantitative estimate of drug-likeness (QED) is 0.620. The Morgan fingerprint density at radius 1 is 1.50 bits per heavy atom. The molecule has 2 rings (SSSR count). The standard InChI is InChI=1S/C9H11ClN6/c1-2-7-8(15-11)12-5-13-9(7)16-4-6(10)3-14-16/h3-5H,2,11H2,1H3,(H,12,13,15). The Kier molecular flexibility index (Phi) is 3.02. The fourth-order valence-corrected chi connectivity index (χ4v) is 1.60. The third-order valence-corrected chi connectivity index (χ3v) is 2.38. The van der Waals surface area contributed by atoms with Crippen LogP contribution in [0.15, 0.2) is 18.7 Å². The van der Waals surface area contributed by atoms with Crippen molar-refractivity contribution in [2.45, 2.75) is 13.3 Å². The molecule has 0 atom stereocenters. The molecular formula is C9H11ClN6. The minimum atomic E-state index is 0.558. The van der Waals surface area contributed by atoms with Gasteiger partial charge in [0.1, 0.15) is 12.1 Å². The summed E-state index contributed by atoms with van der Waals surface area (Å²) in [4.78, 5) is 8.22. The molecule has 2 aromatic heterocycles. The van der Waals surface area contributed by atoms with Gasteiger partial charge in [-0.05, 0) is 6.42 Å². The van der Waals surface area contributed by atoms with Crippen LogP contribution in [0.1, 0.15) is 12.5 Å². The zero-order chi connectivity index (χ0) is 11.5. The van der Waals surface area contributed by atoms with E-state index >= 15 is 0 Å². The molecule has 0 saturated carbocycles. The van der Waals surface area contributed by atoms with E-state index in [4.69, 9.17) is 17.4 Å². The maximum Gasteiger partial charge on any atom is 0.162 e. The summed E-state index contributed by atoms with van der Waals surface area (Å²) in [6.07, 6.45) is 5.41. The third-order valence-electron chi connectivity index (χ3n) is 2.18. The second-order valence-corrected chi connectivity index (χ2v) is 3.56. The molecule has 0 fully saturated rings. The van der Waals surface area contributed by atoms with Crippen molar-refractivity contribution in [3.8, 4) is 5.82 Å². The molecular weight excluding hydrogens is 228 g/mol. The monoisotopic (exact) mass is 238 g/mol. The third kappa shape index (κ3) is 1.84. The van der Waals surface area contributed by atoms with Gasteiger partial charge in [0.05, 0.1) is 17.4 Å². The van der Waals surface area contributed by atoms with Crippen LogP contribution in [0, 0.1) is 0 Å². The molecule has 2 heterocycles. The van der Waals surface area contributed by atoms with Gasteiger partial charge in [-0.15, -0.1) is 0 Å². The maximum atomic E-state index is 5.81. The first kappa shape index (κ1) is 10.8. The van der Waals surface area contributed by atoms with Gasteiger partial charge < -0.3 is 5.43 Å². The number of aromatic nitrogens is 4. The average Bonchev–Trinajstić information content (AvgIpc) is 2.74. The Hall–Kier alpha value is -1.66. The van der Waals surface area contributed by atoms with E-state index in [1.165, 1.54) is 6.33 Å². The van der Waals surface area contributed by atoms with Crippen molar-refractivity contribution in [1.29, 1.82) is 0 Å². The summed E-state index contributed by atoms with van der Waals surface area (Å²) < 4.78 is 1.60. The summed E-state index contributed by atoms with van der Waals surface area (Å²) in [5, 5.41) is 4.65. The fraction of sp³-hybridized carbons (Fsp3) is 0.222. The number of hydrogen-bond acceptors (Lipinski definition) is 5. The van der Waals surface area contributed by atoms with E-state index in [1.807, 2.05) is 6.92 Å². The molecule has 0 spiro atoms. The van der Waals surface area contributed by atoms with E-state index in [1.54, 1.807) is 17.1 Å². The molecule has 0 radical (unpaired) electrons. The van der Waals surface area contributed by atoms with E-state index < -0.39 is 0 Å². The normalized spacial score (nSPS) is 10.4. The molecule has 16 heavy (non-hydrogen) atoms. The highest BCUT2D eigenvalue weighted by Crippen LogP contribution is 2.19. The maximum absolute atomic E-state index is 5.81. The molecule has 6 nitrogen and oxygen atoms in total. The van der Waals surface area contributed by atoms with Crippen LogP contribution < -0.4 is 11.3 Å². The van der Waals surface area contributed by atoms with Crippen molar-refractivity contribution in [1.82, 2.24) is 19.7 Å². The van der Waals surface area contributed by atoms with Crippen LogP contribution >= 0.6 is 11.6 Å². The van der Waals surface area contributed by atoms with Gasteiger partial charge in [0, 0.05) is 5.56 Å². The summed E-state index contributed by atoms with van der Waals surface area (Å²) >= 11 is 5.81. The number of hydrogen-bond donors (Lipinski definition) is 2. The average molecular weight is 239 g/mol. The second kappa shape index (κ2) is 4.46. The van der Waals surface area contributed by atoms with E-state index in [2.05, 4.69) is 20.5 Å². The van der Waals surface area contributed by atoms with Crippen LogP contribution in [0.5, 0.6) is 0 Å². The highest BCUT2D eigenvalue weighted by Gasteiger charge is 2.11. The van der Waals surface area contributed by atoms with Gasteiger partial charge in [-0.2, -0.15) is 5.10 Å². The Labute approximate surface area is 97.4 Å². The Bertz CT molecular complexity index is 494. The van der Waals surface area contributed by atoms with Crippen LogP contribution in [-0.4, -0.2) is 19.7 Å². The van der Waals surface area contributed by atoms with E-state index in [9.17, 15) is 0 Å². The van der Waals surface area contributed by atoms with Crippen molar-refractivity contribution >= 4 is 17.4 Å². The smallest absolute Gasteiger partial charge is 0.162 e. The van der Waals surface area contributed by atoms with E-state index in [0.717, 1.165) is 12.0 Å². The molecule has 0 bridgehead atoms. The summed E-state index contributed by atoms with van der Waals surface area (Å²) in [7, 11) is 0. The summed E-state index contributed by atoms with van der Waals surface area (Å²) in [5.74, 6) is 6.66. The van der Waals surface area contributed by atoms with Crippen molar-refractivity contribution in [2.24, 2.45) is 5.84 Å². The predicted molar refractivity (Wildman–Crippen MR) is 61.4 cm³/mol. The first-order valence-corrected chi connectivity index (χ1v) is 5.15. The number of anilines is 1. The van der Waals surface area contributed by atoms with Gasteiger partial charge in [-0.3, -0.25) is 0 Å². The fourth-order valence-electron chi connectivity index (χ4n) is 1.47. The van der Waals surface area contributed by atoms with E-state index in [0.29, 0.717) is 16.7 Å². The first-order chi connectivity index (χ1) is 7.76. The van der Waals surface area contributed by atoms with Gasteiger partial charge in [0.25, 0.3) is 0 Å². The van der Waals surface area contributed by atoms with Crippen molar-refractivity contribution in [3.63, 3.8) is 0 Å². The van der Waals surface area contributed by atoms with Gasteiger partial charge in [-0.25, -0.2) is 20.5 Å². The molecule has 0 unspecified atom stereocenters. The largest absolute Gasteiger partial charge is 0.308 e. The zero-order valence-corrected chi connectivity index (χ0v) is 9.44. The SMILES string of the molecule is CCc1c(NN)ncnc1-n1cc(Cl)cn1. The van der Waals surface area contributed by atoms with Crippen LogP contribution in [0.2, 0.25) is 5.02 Å². The lowest BCUT2D eigenvalue weighted by Gasteiger charge is -2.10. The molecule has 0 saturated heterocycles. The van der Waals surface area contributed by atoms with Crippen LogP contribution in [0.25, 0.3) is 5.82 Å². The summed E-state index contributed by atoms with van der Waals surface area (Å²) in [6, 6.07) is 0. The van der Waals surface area contributed by atoms with E-state index in [-0.39, 0.29) is 0 Å². The number of hydrazine groups is 1. The van der Waals surface area contributed by atoms with Crippen molar-refractivity contribution < 1.29 is 0 Å². The molecule has 84 valence electrons. The summed E-state index contributed by atoms with van der Waals surface area (Å²) in [5.41, 5.74) is 3.43. The highest BCUT2D eigenvalue weighted by molar-refractivity contribution is 6.30. The topological polar surface area (TPSA) is 81.6 Å². The second-order valence-electron chi connectivity index (χ2n) is 3.13. The highest BCUT2D eigenvalue weighted by atomic mass is 35.5. The molecule has 0 aliphatic heterocycles. The minimum Gasteiger partial charge on any atom is -0.308 e. The Balaban J connectivity index is 2.56. The predicted octanol–water partition coefficient (Wildman–Crippen LogP) is 1.16. The molecule has 0 aromatic carbocycles. The van der Waals surface area contributed by atoms with Gasteiger partial charge >= 0.3 is 0 Å². The number of nitrogens with one attached hydrogen (secondary N) is 1. The molecule has 7 heteroatoms. The number of nitrogens with zero attached hydrogens (tertiary/aromatic N) is 4. The van der Waals surface area contributed by atoms with Crippen molar-refractivity contribution in [2.75, 3.05) is 5.43 Å². The summed E-state index contributed by atoms with van der Waals surface area (Å²) in [6.45, 7) is 1.99. The van der Waals surface area contributed by atoms with Crippen LogP contribution in [-0.2, 0) is 6.42 Å². The Morgan fingerprint density at radius 2 is 2.31 bits per heavy atom. The van der Waals surface area contributed by atoms with Crippen LogP contribution in [0.3, 0.4) is 0 Å². The van der Waals surface area contributed by atoms with Crippen molar-refractivity contribution in [3.05, 3.63) is 29.3 Å². The number of halogens is 1. The molecule has 0 aliphatic rings. The molecule has 0 amide bonds. The van der Waals surface area contributed by atoms with Gasteiger partial charge in [0.15, 0.2) is 5.82 Å². The lowest BCUT2D eigenvalue weighted by atomic mass is 10.2. The van der Waals surface area contributed by atoms with Gasteiger partial charge in [0.2, 0.25) is 0 Å². The minimum absolute atomic E-state index is 0.558. The number of rotatable bonds is 3. The lowest BCUT2D eigenvalue weighted by molar-refractivity contribution is 0.818. The first-order valence-electron chi connectivity index (χ1n) is 4.77. The molecule has 2 aromatic rings. The lowest BCUT2D eigenvalue weighted by Crippen LogP contribution is -2.14. The zero-order valence-electron chi connectivity index (χ0n) is 8.68. The van der Waals surface area contributed by atoms with Gasteiger partial charge in [-0.1, -0.05) is 18.5 Å². The molecule has 0 aliphatic carbocycles. The molecule has 3 N–H and O–H groups in total. The number of nitrogen functional groups attached to an aromatic ring is 1. The Morgan fingerprint density at radius 3 is 2.88 bits per heavy atom. The number of nitrogens with two attached hydrogens (primary N) is 1. The van der Waals surface area contributed by atoms with Crippen LogP contribution in [0.4, 0.5) is 5.82 Å².